The van der Waals surface area contributed by atoms with Crippen molar-refractivity contribution in [2.45, 2.75) is 216 Å². The monoisotopic (exact) mass is 794 g/mol. The third-order valence-electron chi connectivity index (χ3n) is 10.0. The number of hydrogen-bond donors (Lipinski definition) is 9. The van der Waals surface area contributed by atoms with Crippen LogP contribution in [-0.4, -0.2) is 108 Å². The molecule has 8 unspecified atom stereocenters. The number of carbonyl (C=O) groups excluding carboxylic acids is 1. The van der Waals surface area contributed by atoms with Crippen molar-refractivity contribution in [1.82, 2.24) is 5.32 Å². The summed E-state index contributed by atoms with van der Waals surface area (Å²) in [5.41, 5.74) is 0. The molecule has 0 aromatic carbocycles. The van der Waals surface area contributed by atoms with E-state index >= 15 is 0 Å². The number of aliphatic hydroxyl groups is 7. The van der Waals surface area contributed by atoms with Crippen LogP contribution in [-0.2, 0) is 18.4 Å². The van der Waals surface area contributed by atoms with Crippen LogP contribution in [0.1, 0.15) is 162 Å². The molecule has 1 amide bonds. The molecular formula is C40H76NO12P. The Morgan fingerprint density at radius 1 is 0.648 bits per heavy atom. The Bertz CT molecular complexity index is 1030. The van der Waals surface area contributed by atoms with Gasteiger partial charge in [-0.3, -0.25) is 13.8 Å². The van der Waals surface area contributed by atoms with Crippen molar-refractivity contribution in [3.05, 3.63) is 24.3 Å². The Hall–Kier alpha value is -1.22. The van der Waals surface area contributed by atoms with Crippen molar-refractivity contribution in [2.24, 2.45) is 0 Å². The fraction of sp³-hybridized carbons (Fsp3) is 0.875. The Morgan fingerprint density at radius 2 is 1.09 bits per heavy atom. The van der Waals surface area contributed by atoms with Gasteiger partial charge in [-0.05, 0) is 38.5 Å². The number of amides is 1. The standard InChI is InChI=1S/C40H76NO12P/c1-3-5-7-9-11-13-14-15-16-17-18-20-22-24-26-28-33(43)32(41-34(44)29-31(42)27-25-23-21-19-12-10-8-6-4-2)30-52-54(50,51)53-40-38(48)36(46)35(45)37(47)39(40)49/h10,12,26,28,31-33,35-40,42-43,45-49H,3-9,11,13-25,27,29-30H2,1-2H3,(H,41,44)(H,50,51)/b12-10-,28-26+. The number of hydrogen-bond acceptors (Lipinski definition) is 11. The predicted molar refractivity (Wildman–Crippen MR) is 210 cm³/mol. The van der Waals surface area contributed by atoms with Crippen molar-refractivity contribution >= 4 is 13.7 Å². The summed E-state index contributed by atoms with van der Waals surface area (Å²) in [7, 11) is -5.13. The SMILES string of the molecule is CCCC/C=C\CCCCCC(O)CC(=O)NC(COP(=O)(O)OC1C(O)C(O)C(O)C(O)C1O)C(O)/C=C/CCCCCCCCCCCCCCC. The Balaban J connectivity index is 2.63. The summed E-state index contributed by atoms with van der Waals surface area (Å²) in [6, 6.07) is -1.24. The van der Waals surface area contributed by atoms with Gasteiger partial charge in [-0.15, -0.1) is 0 Å². The maximum absolute atomic E-state index is 12.9. The lowest BCUT2D eigenvalue weighted by Gasteiger charge is -2.41. The van der Waals surface area contributed by atoms with E-state index in [0.29, 0.717) is 12.8 Å². The quantitative estimate of drug-likeness (QED) is 0.0224. The first kappa shape index (κ1) is 50.8. The first-order valence-electron chi connectivity index (χ1n) is 20.9. The van der Waals surface area contributed by atoms with Crippen molar-refractivity contribution in [3.8, 4) is 0 Å². The topological polar surface area (TPSA) is 226 Å². The molecule has 0 aromatic heterocycles. The summed E-state index contributed by atoms with van der Waals surface area (Å²) in [5, 5.41) is 74.1. The molecule has 54 heavy (non-hydrogen) atoms. The Labute approximate surface area is 324 Å². The van der Waals surface area contributed by atoms with Gasteiger partial charge >= 0.3 is 7.82 Å². The molecule has 0 spiro atoms. The van der Waals surface area contributed by atoms with E-state index in [9.17, 15) is 50.0 Å². The molecule has 0 aliphatic heterocycles. The molecule has 1 saturated carbocycles. The Morgan fingerprint density at radius 3 is 1.63 bits per heavy atom. The zero-order valence-corrected chi connectivity index (χ0v) is 34.0. The van der Waals surface area contributed by atoms with Crippen LogP contribution < -0.4 is 5.32 Å². The first-order valence-corrected chi connectivity index (χ1v) is 22.4. The maximum atomic E-state index is 12.9. The number of carbonyl (C=O) groups is 1. The number of unbranched alkanes of at least 4 members (excludes halogenated alkanes) is 18. The van der Waals surface area contributed by atoms with Gasteiger partial charge in [-0.25, -0.2) is 4.57 Å². The van der Waals surface area contributed by atoms with Gasteiger partial charge in [0.15, 0.2) is 0 Å². The minimum Gasteiger partial charge on any atom is -0.393 e. The van der Waals surface area contributed by atoms with Gasteiger partial charge in [0.05, 0.1) is 31.3 Å². The number of phosphoric ester groups is 1. The first-order chi connectivity index (χ1) is 25.8. The molecule has 1 fully saturated rings. The Kier molecular flexibility index (Phi) is 29.0. The zero-order chi connectivity index (χ0) is 40.2. The van der Waals surface area contributed by atoms with Crippen LogP contribution >= 0.6 is 7.82 Å². The summed E-state index contributed by atoms with van der Waals surface area (Å²) in [6.45, 7) is 3.65. The maximum Gasteiger partial charge on any atom is 0.472 e. The zero-order valence-electron chi connectivity index (χ0n) is 33.1. The summed E-state index contributed by atoms with van der Waals surface area (Å²) in [5.74, 6) is -0.606. The van der Waals surface area contributed by atoms with Crippen LogP contribution in [0.15, 0.2) is 24.3 Å². The van der Waals surface area contributed by atoms with Crippen molar-refractivity contribution in [1.29, 1.82) is 0 Å². The van der Waals surface area contributed by atoms with E-state index in [2.05, 4.69) is 31.3 Å². The van der Waals surface area contributed by atoms with Gasteiger partial charge in [0.2, 0.25) is 5.91 Å². The molecule has 0 radical (unpaired) electrons. The lowest BCUT2D eigenvalue weighted by atomic mass is 9.85. The molecule has 14 heteroatoms. The largest absolute Gasteiger partial charge is 0.472 e. The molecule has 1 aliphatic carbocycles. The van der Waals surface area contributed by atoms with Gasteiger partial charge in [-0.2, -0.15) is 0 Å². The van der Waals surface area contributed by atoms with Gasteiger partial charge in [0, 0.05) is 0 Å². The smallest absolute Gasteiger partial charge is 0.393 e. The average Bonchev–Trinajstić information content (AvgIpc) is 3.14. The van der Waals surface area contributed by atoms with Crippen LogP contribution in [0.4, 0.5) is 0 Å². The van der Waals surface area contributed by atoms with E-state index in [4.69, 9.17) is 9.05 Å². The van der Waals surface area contributed by atoms with Gasteiger partial charge in [0.1, 0.15) is 36.6 Å². The molecule has 318 valence electrons. The highest BCUT2D eigenvalue weighted by molar-refractivity contribution is 7.47. The highest BCUT2D eigenvalue weighted by atomic mass is 31.2. The fourth-order valence-electron chi connectivity index (χ4n) is 6.51. The average molecular weight is 794 g/mol. The molecule has 0 heterocycles. The molecule has 1 rings (SSSR count). The van der Waals surface area contributed by atoms with Gasteiger partial charge in [0.25, 0.3) is 0 Å². The molecule has 13 nitrogen and oxygen atoms in total. The molecule has 8 atom stereocenters. The van der Waals surface area contributed by atoms with Gasteiger partial charge < -0.3 is 46.0 Å². The second kappa shape index (κ2) is 30.9. The lowest BCUT2D eigenvalue weighted by Crippen LogP contribution is -2.64. The second-order valence-corrected chi connectivity index (χ2v) is 16.4. The number of phosphoric acid groups is 1. The van der Waals surface area contributed by atoms with E-state index in [0.717, 1.165) is 57.8 Å². The fourth-order valence-corrected chi connectivity index (χ4v) is 7.48. The summed E-state index contributed by atoms with van der Waals surface area (Å²) in [4.78, 5) is 23.3. The predicted octanol–water partition coefficient (Wildman–Crippen LogP) is 5.64. The third-order valence-corrected chi connectivity index (χ3v) is 11.0. The van der Waals surface area contributed by atoms with Crippen LogP contribution in [0.2, 0.25) is 0 Å². The molecule has 0 aromatic rings. The molecule has 1 aliphatic rings. The summed E-state index contributed by atoms with van der Waals surface area (Å²) < 4.78 is 22.8. The van der Waals surface area contributed by atoms with Crippen LogP contribution in [0.3, 0.4) is 0 Å². The molecule has 0 saturated heterocycles. The van der Waals surface area contributed by atoms with E-state index in [1.165, 1.54) is 76.7 Å². The minimum atomic E-state index is -5.13. The minimum absolute atomic E-state index is 0.255. The number of nitrogens with one attached hydrogen (secondary N) is 1. The molecular weight excluding hydrogens is 717 g/mol. The highest BCUT2D eigenvalue weighted by Gasteiger charge is 2.51. The summed E-state index contributed by atoms with van der Waals surface area (Å²) >= 11 is 0. The third kappa shape index (κ3) is 23.1. The summed E-state index contributed by atoms with van der Waals surface area (Å²) in [6.07, 6.45) is 17.2. The number of aliphatic hydroxyl groups excluding tert-OH is 7. The molecule has 0 bridgehead atoms. The van der Waals surface area contributed by atoms with E-state index in [1.54, 1.807) is 6.08 Å². The lowest BCUT2D eigenvalue weighted by molar-refractivity contribution is -0.220. The van der Waals surface area contributed by atoms with Gasteiger partial charge in [-0.1, -0.05) is 141 Å². The molecule has 9 N–H and O–H groups in total. The van der Waals surface area contributed by atoms with Crippen molar-refractivity contribution in [2.75, 3.05) is 6.61 Å². The van der Waals surface area contributed by atoms with Crippen LogP contribution in [0.5, 0.6) is 0 Å². The normalized spacial score (nSPS) is 24.9. The van der Waals surface area contributed by atoms with Crippen molar-refractivity contribution in [3.63, 3.8) is 0 Å². The van der Waals surface area contributed by atoms with Crippen LogP contribution in [0.25, 0.3) is 0 Å². The van der Waals surface area contributed by atoms with E-state index in [1.807, 2.05) is 0 Å². The van der Waals surface area contributed by atoms with Crippen molar-refractivity contribution < 1.29 is 59.0 Å². The van der Waals surface area contributed by atoms with E-state index in [-0.39, 0.29) is 6.42 Å². The second-order valence-electron chi connectivity index (χ2n) is 15.0. The van der Waals surface area contributed by atoms with Crippen LogP contribution in [0, 0.1) is 0 Å². The van der Waals surface area contributed by atoms with E-state index < -0.39 is 75.2 Å². The number of allylic oxidation sites excluding steroid dienone is 3. The highest BCUT2D eigenvalue weighted by Crippen LogP contribution is 2.47. The number of rotatable bonds is 33.